The minimum Gasteiger partial charge on any atom is -0.378 e. The summed E-state index contributed by atoms with van der Waals surface area (Å²) in [6.07, 6.45) is 8.82. The standard InChI is InChI=1S/C36H46Cl2N8O2/c1-5-30(47)43-19-36(20-43)12-23(13-36)46-21(2)31(32-25-14-39-40-27(25)10-26(37)33(32)38)34(41-46)45-9-6-22(11-35(45,3)4)15-42-16-29-28(42)7-8-44(29)24-17-48-18-24/h5,10,14,22-24,28-29H,1,6-9,11-13,15-20H2,2-4H3,(H,39,40)/t22-,28+,29+/m1/s1. The van der Waals surface area contributed by atoms with E-state index < -0.39 is 0 Å². The molecule has 2 aromatic heterocycles. The molecule has 6 fully saturated rings. The first-order valence-electron chi connectivity index (χ1n) is 17.7. The van der Waals surface area contributed by atoms with Crippen molar-refractivity contribution in [3.05, 3.63) is 40.7 Å². The van der Waals surface area contributed by atoms with Crippen LogP contribution in [-0.4, -0.2) is 117 Å². The molecule has 10 nitrogen and oxygen atoms in total. The predicted octanol–water partition coefficient (Wildman–Crippen LogP) is 5.54. The Balaban J connectivity index is 0.992. The molecule has 1 amide bonds. The molecule has 1 saturated carbocycles. The highest BCUT2D eigenvalue weighted by Gasteiger charge is 2.55. The van der Waals surface area contributed by atoms with Crippen LogP contribution in [0.5, 0.6) is 0 Å². The molecule has 9 rings (SSSR count). The Morgan fingerprint density at radius 3 is 2.60 bits per heavy atom. The van der Waals surface area contributed by atoms with Gasteiger partial charge in [-0.15, -0.1) is 0 Å². The Morgan fingerprint density at radius 1 is 1.10 bits per heavy atom. The van der Waals surface area contributed by atoms with Gasteiger partial charge in [0, 0.05) is 84.5 Å². The lowest BCUT2D eigenvalue weighted by molar-refractivity contribution is -0.149. The molecule has 5 aliphatic heterocycles. The number of carbonyl (C=O) groups excluding carboxylic acids is 1. The van der Waals surface area contributed by atoms with Crippen LogP contribution in [-0.2, 0) is 9.53 Å². The molecule has 1 N–H and O–H groups in total. The van der Waals surface area contributed by atoms with Crippen molar-refractivity contribution in [1.82, 2.24) is 34.7 Å². The highest BCUT2D eigenvalue weighted by Crippen LogP contribution is 2.56. The second-order valence-corrected chi connectivity index (χ2v) is 17.0. The van der Waals surface area contributed by atoms with Crippen LogP contribution < -0.4 is 4.90 Å². The Bertz CT molecular complexity index is 1780. The number of rotatable bonds is 7. The lowest BCUT2D eigenvalue weighted by Crippen LogP contribution is -2.66. The highest BCUT2D eigenvalue weighted by atomic mass is 35.5. The van der Waals surface area contributed by atoms with Crippen molar-refractivity contribution in [3.8, 4) is 11.1 Å². The number of anilines is 1. The molecule has 48 heavy (non-hydrogen) atoms. The fraction of sp³-hybridized carbons (Fsp3) is 0.639. The number of piperidine rings is 1. The van der Waals surface area contributed by atoms with Crippen LogP contribution in [0.25, 0.3) is 22.0 Å². The third-order valence-electron chi connectivity index (χ3n) is 12.8. The molecule has 12 heteroatoms. The first kappa shape index (κ1) is 31.4. The van der Waals surface area contributed by atoms with Gasteiger partial charge in [0.05, 0.1) is 47.1 Å². The lowest BCUT2D eigenvalue weighted by Gasteiger charge is -2.58. The Labute approximate surface area is 292 Å². The second-order valence-electron chi connectivity index (χ2n) is 16.2. The summed E-state index contributed by atoms with van der Waals surface area (Å²) in [5.41, 5.74) is 4.00. The van der Waals surface area contributed by atoms with Crippen LogP contribution in [0.2, 0.25) is 10.0 Å². The van der Waals surface area contributed by atoms with Crippen LogP contribution in [0.1, 0.15) is 57.7 Å². The first-order chi connectivity index (χ1) is 23.1. The van der Waals surface area contributed by atoms with Gasteiger partial charge >= 0.3 is 0 Å². The number of amides is 1. The number of halogens is 2. The van der Waals surface area contributed by atoms with Crippen molar-refractivity contribution in [1.29, 1.82) is 0 Å². The van der Waals surface area contributed by atoms with Crippen LogP contribution in [0.3, 0.4) is 0 Å². The second kappa shape index (κ2) is 11.2. The maximum Gasteiger partial charge on any atom is 0.245 e. The fourth-order valence-corrected chi connectivity index (χ4v) is 10.7. The van der Waals surface area contributed by atoms with Gasteiger partial charge in [-0.05, 0) is 70.9 Å². The number of nitrogens with zero attached hydrogens (tertiary/aromatic N) is 7. The minimum absolute atomic E-state index is 0.0252. The van der Waals surface area contributed by atoms with Gasteiger partial charge in [-0.1, -0.05) is 29.8 Å². The van der Waals surface area contributed by atoms with Crippen LogP contribution in [0.4, 0.5) is 5.82 Å². The van der Waals surface area contributed by atoms with E-state index >= 15 is 0 Å². The monoisotopic (exact) mass is 692 g/mol. The number of aromatic nitrogens is 4. The van der Waals surface area contributed by atoms with E-state index in [9.17, 15) is 4.79 Å². The lowest BCUT2D eigenvalue weighted by atomic mass is 9.60. The van der Waals surface area contributed by atoms with Gasteiger partial charge in [0.15, 0.2) is 5.82 Å². The van der Waals surface area contributed by atoms with Gasteiger partial charge in [0.2, 0.25) is 5.91 Å². The Hall–Kier alpha value is -2.63. The van der Waals surface area contributed by atoms with Gasteiger partial charge in [-0.25, -0.2) is 0 Å². The zero-order valence-electron chi connectivity index (χ0n) is 28.2. The van der Waals surface area contributed by atoms with Crippen molar-refractivity contribution >= 4 is 45.8 Å². The summed E-state index contributed by atoms with van der Waals surface area (Å²) in [6.45, 7) is 18.6. The van der Waals surface area contributed by atoms with Gasteiger partial charge < -0.3 is 14.5 Å². The summed E-state index contributed by atoms with van der Waals surface area (Å²) >= 11 is 13.8. The van der Waals surface area contributed by atoms with E-state index in [1.54, 1.807) is 0 Å². The summed E-state index contributed by atoms with van der Waals surface area (Å²) < 4.78 is 7.75. The maximum absolute atomic E-state index is 12.2. The summed E-state index contributed by atoms with van der Waals surface area (Å²) in [6, 6.07) is 4.21. The van der Waals surface area contributed by atoms with E-state index in [4.69, 9.17) is 33.0 Å². The zero-order chi connectivity index (χ0) is 33.1. The molecule has 3 atom stereocenters. The number of hydrogen-bond donors (Lipinski definition) is 1. The molecule has 3 aromatic rings. The summed E-state index contributed by atoms with van der Waals surface area (Å²) in [5.74, 6) is 1.66. The molecule has 256 valence electrons. The first-order valence-corrected chi connectivity index (χ1v) is 18.5. The normalized spacial score (nSPS) is 28.6. The Kier molecular flexibility index (Phi) is 7.31. The van der Waals surface area contributed by atoms with E-state index in [2.05, 4.69) is 56.9 Å². The van der Waals surface area contributed by atoms with Crippen molar-refractivity contribution in [2.75, 3.05) is 57.4 Å². The van der Waals surface area contributed by atoms with Crippen molar-refractivity contribution < 1.29 is 9.53 Å². The largest absolute Gasteiger partial charge is 0.378 e. The zero-order valence-corrected chi connectivity index (χ0v) is 29.7. The molecule has 6 aliphatic rings. The summed E-state index contributed by atoms with van der Waals surface area (Å²) in [7, 11) is 0. The molecule has 1 aromatic carbocycles. The molecule has 1 aliphatic carbocycles. The molecule has 1 spiro atoms. The number of carbonyl (C=O) groups is 1. The number of ether oxygens (including phenoxy) is 1. The molecular weight excluding hydrogens is 647 g/mol. The quantitative estimate of drug-likeness (QED) is 0.326. The third kappa shape index (κ3) is 4.72. The number of H-pyrrole nitrogens is 1. The van der Waals surface area contributed by atoms with E-state index in [0.29, 0.717) is 28.0 Å². The van der Waals surface area contributed by atoms with Gasteiger partial charge in [0.1, 0.15) is 0 Å². The molecule has 0 bridgehead atoms. The Morgan fingerprint density at radius 2 is 1.90 bits per heavy atom. The molecule has 7 heterocycles. The fourth-order valence-electron chi connectivity index (χ4n) is 10.3. The minimum atomic E-state index is -0.0978. The number of likely N-dealkylation sites (tertiary alicyclic amines) is 3. The van der Waals surface area contributed by atoms with Crippen molar-refractivity contribution in [3.63, 3.8) is 0 Å². The van der Waals surface area contributed by atoms with Gasteiger partial charge in [0.25, 0.3) is 0 Å². The third-order valence-corrected chi connectivity index (χ3v) is 13.6. The van der Waals surface area contributed by atoms with E-state index in [0.717, 1.165) is 98.1 Å². The van der Waals surface area contributed by atoms with Crippen LogP contribution in [0.15, 0.2) is 24.9 Å². The average Bonchev–Trinajstić information content (AvgIpc) is 3.65. The van der Waals surface area contributed by atoms with Gasteiger partial charge in [-0.2, -0.15) is 10.2 Å². The number of hydrogen-bond acceptors (Lipinski definition) is 7. The van der Waals surface area contributed by atoms with E-state index in [1.807, 2.05) is 17.2 Å². The highest BCUT2D eigenvalue weighted by molar-refractivity contribution is 6.45. The smallest absolute Gasteiger partial charge is 0.245 e. The number of benzene rings is 1. The maximum atomic E-state index is 12.2. The van der Waals surface area contributed by atoms with Gasteiger partial charge in [-0.3, -0.25) is 24.4 Å². The summed E-state index contributed by atoms with van der Waals surface area (Å²) in [5, 5.41) is 14.9. The molecular formula is C36H46Cl2N8O2. The summed E-state index contributed by atoms with van der Waals surface area (Å²) in [4.78, 5) is 22.1. The topological polar surface area (TPSA) is 85.8 Å². The average molecular weight is 694 g/mol. The van der Waals surface area contributed by atoms with Crippen molar-refractivity contribution in [2.24, 2.45) is 11.3 Å². The van der Waals surface area contributed by atoms with Crippen molar-refractivity contribution in [2.45, 2.75) is 82.6 Å². The molecule has 5 saturated heterocycles. The predicted molar refractivity (Wildman–Crippen MR) is 189 cm³/mol. The van der Waals surface area contributed by atoms with Crippen LogP contribution in [0, 0.1) is 18.3 Å². The number of nitrogens with one attached hydrogen (secondary N) is 1. The van der Waals surface area contributed by atoms with E-state index in [1.165, 1.54) is 32.1 Å². The number of aromatic amines is 1. The van der Waals surface area contributed by atoms with E-state index in [-0.39, 0.29) is 22.9 Å². The molecule has 0 unspecified atom stereocenters. The molecule has 0 radical (unpaired) electrons. The van der Waals surface area contributed by atoms with Crippen LogP contribution >= 0.6 is 23.2 Å². The SMILES string of the molecule is C=CC(=O)N1CC2(CC(n3nc(N4CC[C@@H](CN5C[C@H]6[C@@H]5CCN6C5COC5)CC4(C)C)c(-c4c(Cl)c(Cl)cc5[nH]ncc45)c3C)C2)C1. The number of fused-ring (bicyclic) bond motifs is 2.